The summed E-state index contributed by atoms with van der Waals surface area (Å²) in [4.78, 5) is 12.7. The predicted molar refractivity (Wildman–Crippen MR) is 69.9 cm³/mol. The van der Waals surface area contributed by atoms with E-state index in [1.54, 1.807) is 13.0 Å². The van der Waals surface area contributed by atoms with E-state index >= 15 is 0 Å². The van der Waals surface area contributed by atoms with Gasteiger partial charge in [0.1, 0.15) is 11.4 Å². The number of rotatable bonds is 4. The van der Waals surface area contributed by atoms with Crippen molar-refractivity contribution in [2.45, 2.75) is 32.3 Å². The average molecular weight is 266 g/mol. The number of aryl methyl sites for hydroxylation is 1. The molecule has 4 heteroatoms. The van der Waals surface area contributed by atoms with Gasteiger partial charge in [0, 0.05) is 38.2 Å². The molecule has 0 saturated carbocycles. The van der Waals surface area contributed by atoms with Gasteiger partial charge in [0.05, 0.1) is 0 Å². The van der Waals surface area contributed by atoms with Crippen LogP contribution in [0.5, 0.6) is 0 Å². The minimum absolute atomic E-state index is 0.139. The van der Waals surface area contributed by atoms with E-state index in [4.69, 9.17) is 9.47 Å². The first-order chi connectivity index (χ1) is 9.07. The Morgan fingerprint density at radius 1 is 1.37 bits per heavy atom. The smallest absolute Gasteiger partial charge is 0.194 e. The molecule has 0 radical (unpaired) electrons. The third-order valence-corrected chi connectivity index (χ3v) is 3.44. The van der Waals surface area contributed by atoms with Gasteiger partial charge in [0.15, 0.2) is 5.78 Å². The SMILES string of the molecule is CCOC1(C(=O)c2cc(C)cc(F)c2)CCOCC1. The number of Topliss-reactive ketones (excluding diaryl/α,β-unsaturated/α-hetero) is 1. The van der Waals surface area contributed by atoms with Crippen molar-refractivity contribution in [3.63, 3.8) is 0 Å². The number of benzene rings is 1. The van der Waals surface area contributed by atoms with Crippen LogP contribution >= 0.6 is 0 Å². The molecule has 0 bridgehead atoms. The Balaban J connectivity index is 2.33. The fraction of sp³-hybridized carbons (Fsp3) is 0.533. The Bertz CT molecular complexity index is 439. The Labute approximate surface area is 112 Å². The van der Waals surface area contributed by atoms with Gasteiger partial charge in [-0.15, -0.1) is 0 Å². The van der Waals surface area contributed by atoms with Crippen molar-refractivity contribution in [1.82, 2.24) is 0 Å². The lowest BCUT2D eigenvalue weighted by Crippen LogP contribution is -2.46. The van der Waals surface area contributed by atoms with Gasteiger partial charge >= 0.3 is 0 Å². The topological polar surface area (TPSA) is 35.5 Å². The second-order valence-corrected chi connectivity index (χ2v) is 4.89. The molecule has 2 rings (SSSR count). The molecule has 3 nitrogen and oxygen atoms in total. The quantitative estimate of drug-likeness (QED) is 0.786. The van der Waals surface area contributed by atoms with Crippen LogP contribution in [0.25, 0.3) is 0 Å². The zero-order valence-electron chi connectivity index (χ0n) is 11.4. The molecule has 1 fully saturated rings. The zero-order chi connectivity index (χ0) is 13.9. The lowest BCUT2D eigenvalue weighted by molar-refractivity contribution is -0.0822. The molecule has 0 aliphatic carbocycles. The summed E-state index contributed by atoms with van der Waals surface area (Å²) < 4.78 is 24.5. The van der Waals surface area contributed by atoms with E-state index in [0.717, 1.165) is 5.56 Å². The maximum Gasteiger partial charge on any atom is 0.194 e. The lowest BCUT2D eigenvalue weighted by Gasteiger charge is -2.35. The second-order valence-electron chi connectivity index (χ2n) is 4.89. The van der Waals surface area contributed by atoms with Crippen molar-refractivity contribution < 1.29 is 18.7 Å². The first-order valence-corrected chi connectivity index (χ1v) is 6.61. The van der Waals surface area contributed by atoms with Crippen molar-refractivity contribution in [2.24, 2.45) is 0 Å². The molecule has 1 aliphatic rings. The molecule has 1 heterocycles. The maximum atomic E-state index is 13.4. The molecule has 1 aliphatic heterocycles. The van der Waals surface area contributed by atoms with Crippen LogP contribution in [0.2, 0.25) is 0 Å². The van der Waals surface area contributed by atoms with Gasteiger partial charge < -0.3 is 9.47 Å². The van der Waals surface area contributed by atoms with E-state index in [0.29, 0.717) is 38.2 Å². The molecule has 1 saturated heterocycles. The zero-order valence-corrected chi connectivity index (χ0v) is 11.4. The molecule has 0 atom stereocenters. The highest BCUT2D eigenvalue weighted by atomic mass is 19.1. The Morgan fingerprint density at radius 3 is 2.63 bits per heavy atom. The van der Waals surface area contributed by atoms with Crippen LogP contribution < -0.4 is 0 Å². The number of halogens is 1. The van der Waals surface area contributed by atoms with E-state index < -0.39 is 5.60 Å². The Kier molecular flexibility index (Phi) is 4.32. The molecule has 1 aromatic rings. The average Bonchev–Trinajstić information content (AvgIpc) is 2.38. The minimum atomic E-state index is -0.854. The van der Waals surface area contributed by atoms with Gasteiger partial charge in [0.2, 0.25) is 0 Å². The highest BCUT2D eigenvalue weighted by Gasteiger charge is 2.41. The van der Waals surface area contributed by atoms with Crippen LogP contribution in [0.1, 0.15) is 35.7 Å². The standard InChI is InChI=1S/C15H19FO3/c1-3-19-15(4-6-18-7-5-15)14(17)12-8-11(2)9-13(16)10-12/h8-10H,3-7H2,1-2H3. The summed E-state index contributed by atoms with van der Waals surface area (Å²) in [6.07, 6.45) is 1.05. The van der Waals surface area contributed by atoms with Crippen molar-refractivity contribution in [2.75, 3.05) is 19.8 Å². The first-order valence-electron chi connectivity index (χ1n) is 6.61. The third-order valence-electron chi connectivity index (χ3n) is 3.44. The summed E-state index contributed by atoms with van der Waals surface area (Å²) in [6.45, 7) is 5.10. The van der Waals surface area contributed by atoms with E-state index in [1.807, 2.05) is 6.92 Å². The van der Waals surface area contributed by atoms with E-state index in [9.17, 15) is 9.18 Å². The summed E-state index contributed by atoms with van der Waals surface area (Å²) in [5.74, 6) is -0.526. The van der Waals surface area contributed by atoms with Crippen molar-refractivity contribution in [1.29, 1.82) is 0 Å². The van der Waals surface area contributed by atoms with Crippen LogP contribution in [0.4, 0.5) is 4.39 Å². The van der Waals surface area contributed by atoms with Crippen LogP contribution in [0.15, 0.2) is 18.2 Å². The van der Waals surface area contributed by atoms with Crippen LogP contribution in [0.3, 0.4) is 0 Å². The van der Waals surface area contributed by atoms with Crippen molar-refractivity contribution in [3.05, 3.63) is 35.1 Å². The predicted octanol–water partition coefficient (Wildman–Crippen LogP) is 2.90. The highest BCUT2D eigenvalue weighted by molar-refractivity contribution is 6.02. The molecule has 0 spiro atoms. The molecule has 19 heavy (non-hydrogen) atoms. The van der Waals surface area contributed by atoms with Gasteiger partial charge in [-0.2, -0.15) is 0 Å². The van der Waals surface area contributed by atoms with Crippen LogP contribution in [0, 0.1) is 12.7 Å². The summed E-state index contributed by atoms with van der Waals surface area (Å²) in [7, 11) is 0. The second kappa shape index (κ2) is 5.80. The van der Waals surface area contributed by atoms with E-state index in [2.05, 4.69) is 0 Å². The molecule has 0 unspecified atom stereocenters. The number of hydrogen-bond donors (Lipinski definition) is 0. The third kappa shape index (κ3) is 3.01. The first kappa shape index (κ1) is 14.2. The van der Waals surface area contributed by atoms with Gasteiger partial charge in [-0.25, -0.2) is 4.39 Å². The summed E-state index contributed by atoms with van der Waals surface area (Å²) in [6, 6.07) is 4.40. The Morgan fingerprint density at radius 2 is 2.05 bits per heavy atom. The molecule has 104 valence electrons. The number of ketones is 1. The van der Waals surface area contributed by atoms with Gasteiger partial charge in [0.25, 0.3) is 0 Å². The van der Waals surface area contributed by atoms with Gasteiger partial charge in [-0.05, 0) is 37.6 Å². The molecular formula is C15H19FO3. The molecule has 1 aromatic carbocycles. The highest BCUT2D eigenvalue weighted by Crippen LogP contribution is 2.30. The Hall–Kier alpha value is -1.26. The van der Waals surface area contributed by atoms with E-state index in [1.165, 1.54) is 12.1 Å². The molecular weight excluding hydrogens is 247 g/mol. The van der Waals surface area contributed by atoms with Crippen LogP contribution in [-0.2, 0) is 9.47 Å². The minimum Gasteiger partial charge on any atom is -0.381 e. The summed E-state index contributed by atoms with van der Waals surface area (Å²) >= 11 is 0. The number of carbonyl (C=O) groups excluding carboxylic acids is 1. The number of ether oxygens (including phenoxy) is 2. The molecule has 0 aromatic heterocycles. The van der Waals surface area contributed by atoms with Crippen molar-refractivity contribution in [3.8, 4) is 0 Å². The molecule has 0 amide bonds. The summed E-state index contributed by atoms with van der Waals surface area (Å²) in [5, 5.41) is 0. The maximum absolute atomic E-state index is 13.4. The summed E-state index contributed by atoms with van der Waals surface area (Å²) in [5.41, 5.74) is 0.266. The lowest BCUT2D eigenvalue weighted by atomic mass is 9.85. The van der Waals surface area contributed by atoms with E-state index in [-0.39, 0.29) is 11.6 Å². The fourth-order valence-corrected chi connectivity index (χ4v) is 2.54. The number of hydrogen-bond acceptors (Lipinski definition) is 3. The normalized spacial score (nSPS) is 18.3. The number of carbonyl (C=O) groups is 1. The fourth-order valence-electron chi connectivity index (χ4n) is 2.54. The van der Waals surface area contributed by atoms with Crippen molar-refractivity contribution >= 4 is 5.78 Å². The van der Waals surface area contributed by atoms with Gasteiger partial charge in [-0.3, -0.25) is 4.79 Å². The van der Waals surface area contributed by atoms with Gasteiger partial charge in [-0.1, -0.05) is 0 Å². The van der Waals surface area contributed by atoms with Crippen LogP contribution in [-0.4, -0.2) is 31.2 Å². The largest absolute Gasteiger partial charge is 0.381 e. The monoisotopic (exact) mass is 266 g/mol. The molecule has 0 N–H and O–H groups in total.